The van der Waals surface area contributed by atoms with Crippen LogP contribution in [0.15, 0.2) is 97.1 Å². The topological polar surface area (TPSA) is 169 Å². The lowest BCUT2D eigenvalue weighted by Gasteiger charge is -2.44. The molecular formula is C40H41ClFN3O11. The molecule has 5 atom stereocenters. The van der Waals surface area contributed by atoms with E-state index in [0.29, 0.717) is 10.7 Å². The molecule has 14 nitrogen and oxygen atoms in total. The predicted molar refractivity (Wildman–Crippen MR) is 203 cm³/mol. The first-order valence-electron chi connectivity index (χ1n) is 17.6. The number of carbonyl (C=O) groups excluding carboxylic acids is 4. The number of amides is 3. The van der Waals surface area contributed by atoms with E-state index in [4.69, 9.17) is 44.8 Å². The highest BCUT2D eigenvalue weighted by Gasteiger charge is 2.52. The molecule has 3 amide bonds. The van der Waals surface area contributed by atoms with Crippen molar-refractivity contribution in [2.75, 3.05) is 35.8 Å². The first-order valence-corrected chi connectivity index (χ1v) is 18.0. The van der Waals surface area contributed by atoms with Gasteiger partial charge < -0.3 is 33.2 Å². The largest absolute Gasteiger partial charge is 0.462 e. The fourth-order valence-electron chi connectivity index (χ4n) is 5.46. The quantitative estimate of drug-likeness (QED) is 0.0833. The normalized spacial score (nSPS) is 18.9. The van der Waals surface area contributed by atoms with E-state index in [9.17, 15) is 23.6 Å². The van der Waals surface area contributed by atoms with Gasteiger partial charge in [0, 0.05) is 28.7 Å². The van der Waals surface area contributed by atoms with Crippen molar-refractivity contribution in [3.8, 4) is 0 Å². The fraction of sp³-hybridized carbons (Fsp3) is 0.300. The molecule has 0 aromatic heterocycles. The molecule has 1 heterocycles. The van der Waals surface area contributed by atoms with Crippen LogP contribution in [0.1, 0.15) is 35.3 Å². The molecule has 0 saturated carbocycles. The minimum atomic E-state index is -1.49. The van der Waals surface area contributed by atoms with Crippen LogP contribution in [0, 0.1) is 12.7 Å². The van der Waals surface area contributed by atoms with Crippen LogP contribution in [0.5, 0.6) is 0 Å². The smallest absolute Gasteiger partial charge is 0.412 e. The zero-order chi connectivity index (χ0) is 40.0. The number of hydrogen-bond donors (Lipinski definition) is 3. The van der Waals surface area contributed by atoms with Crippen molar-refractivity contribution in [1.29, 1.82) is 0 Å². The third kappa shape index (κ3) is 12.1. The van der Waals surface area contributed by atoms with Crippen LogP contribution in [0.2, 0.25) is 5.02 Å². The Morgan fingerprint density at radius 2 is 1.21 bits per heavy atom. The van der Waals surface area contributed by atoms with E-state index in [1.54, 1.807) is 38.1 Å². The van der Waals surface area contributed by atoms with Crippen molar-refractivity contribution in [1.82, 2.24) is 0 Å². The average molecular weight is 794 g/mol. The number of anilines is 3. The second-order valence-electron chi connectivity index (χ2n) is 12.3. The summed E-state index contributed by atoms with van der Waals surface area (Å²) in [5.41, 5.74) is 2.91. The van der Waals surface area contributed by atoms with Gasteiger partial charge in [0.15, 0.2) is 18.5 Å². The molecule has 5 rings (SSSR count). The fourth-order valence-corrected chi connectivity index (χ4v) is 5.59. The molecule has 296 valence electrons. The highest BCUT2D eigenvalue weighted by Crippen LogP contribution is 2.31. The van der Waals surface area contributed by atoms with Gasteiger partial charge in [-0.15, -0.1) is 0 Å². The monoisotopic (exact) mass is 793 g/mol. The first-order chi connectivity index (χ1) is 27.0. The van der Waals surface area contributed by atoms with Crippen LogP contribution in [-0.4, -0.2) is 74.8 Å². The highest BCUT2D eigenvalue weighted by atomic mass is 35.5. The van der Waals surface area contributed by atoms with Crippen LogP contribution >= 0.6 is 11.6 Å². The molecule has 0 unspecified atom stereocenters. The van der Waals surface area contributed by atoms with Crippen molar-refractivity contribution in [3.63, 3.8) is 0 Å². The minimum absolute atomic E-state index is 0.00778. The van der Waals surface area contributed by atoms with Crippen LogP contribution in [0.4, 0.5) is 35.8 Å². The number of hydrogen-bond acceptors (Lipinski definition) is 11. The Morgan fingerprint density at radius 3 is 1.80 bits per heavy atom. The molecule has 56 heavy (non-hydrogen) atoms. The summed E-state index contributed by atoms with van der Waals surface area (Å²) in [6.45, 7) is 5.15. The lowest BCUT2D eigenvalue weighted by Crippen LogP contribution is -2.63. The average Bonchev–Trinajstić information content (AvgIpc) is 3.17. The summed E-state index contributed by atoms with van der Waals surface area (Å²) in [5.74, 6) is -1.06. The predicted octanol–water partition coefficient (Wildman–Crippen LogP) is 8.09. The molecule has 3 N–H and O–H groups in total. The summed E-state index contributed by atoms with van der Waals surface area (Å²) in [6, 6.07) is 24.6. The molecule has 0 radical (unpaired) electrons. The van der Waals surface area contributed by atoms with Crippen LogP contribution in [0.25, 0.3) is 0 Å². The third-order valence-electron chi connectivity index (χ3n) is 8.17. The van der Waals surface area contributed by atoms with Gasteiger partial charge in [-0.2, -0.15) is 0 Å². The number of halogens is 2. The number of nitrogens with one attached hydrogen (secondary N) is 3. The van der Waals surface area contributed by atoms with Crippen molar-refractivity contribution in [2.45, 2.75) is 58.1 Å². The number of carbonyl (C=O) groups is 4. The van der Waals surface area contributed by atoms with E-state index >= 15 is 0 Å². The van der Waals surface area contributed by atoms with Crippen LogP contribution in [0.3, 0.4) is 0 Å². The standard InChI is InChI=1S/C40H41ClFN3O11/c1-4-50-36(46)26-10-16-29(17-11-26)44-40(49)56-34-33(55-39(48)45-31-20-14-28(42)15-21-31)32(23-53-38(47)43-30-18-12-27(41)13-19-30)54-37(51-5-2)35(34)52-22-25-8-6-24(3)7-9-25/h6-21,32-35,37H,4-5,22-23H2,1-3H3,(H,43,47)(H,44,49)(H,45,48)/t32-,33-,34+,35-,37-/m1/s1. The van der Waals surface area contributed by atoms with E-state index in [1.807, 2.05) is 31.2 Å². The molecule has 1 fully saturated rings. The molecule has 4 aromatic carbocycles. The van der Waals surface area contributed by atoms with E-state index < -0.39 is 67.4 Å². The van der Waals surface area contributed by atoms with Gasteiger partial charge in [-0.05, 0) is 99.1 Å². The maximum absolute atomic E-state index is 13.6. The molecule has 1 aliphatic heterocycles. The summed E-state index contributed by atoms with van der Waals surface area (Å²) in [6.07, 6.45) is -9.56. The number of ether oxygens (including phenoxy) is 7. The maximum Gasteiger partial charge on any atom is 0.412 e. The molecule has 1 saturated heterocycles. The van der Waals surface area contributed by atoms with Crippen LogP contribution in [-0.2, 0) is 39.8 Å². The zero-order valence-electron chi connectivity index (χ0n) is 30.7. The van der Waals surface area contributed by atoms with Crippen molar-refractivity contribution in [3.05, 3.63) is 125 Å². The van der Waals surface area contributed by atoms with Gasteiger partial charge in [0.05, 0.1) is 18.8 Å². The van der Waals surface area contributed by atoms with E-state index in [-0.39, 0.29) is 36.8 Å². The maximum atomic E-state index is 13.6. The second kappa shape index (κ2) is 20.3. The summed E-state index contributed by atoms with van der Waals surface area (Å²) in [4.78, 5) is 52.1. The molecule has 0 aliphatic carbocycles. The summed E-state index contributed by atoms with van der Waals surface area (Å²) in [7, 11) is 0. The number of esters is 1. The zero-order valence-corrected chi connectivity index (χ0v) is 31.5. The Bertz CT molecular complexity index is 1920. The number of benzene rings is 4. The summed E-state index contributed by atoms with van der Waals surface area (Å²) >= 11 is 5.96. The van der Waals surface area contributed by atoms with Crippen molar-refractivity contribution >= 4 is 52.9 Å². The van der Waals surface area contributed by atoms with Gasteiger partial charge in [-0.25, -0.2) is 23.6 Å². The van der Waals surface area contributed by atoms with Gasteiger partial charge in [0.1, 0.15) is 24.6 Å². The van der Waals surface area contributed by atoms with Gasteiger partial charge >= 0.3 is 24.2 Å². The molecule has 0 bridgehead atoms. The lowest BCUT2D eigenvalue weighted by molar-refractivity contribution is -0.308. The molecule has 16 heteroatoms. The van der Waals surface area contributed by atoms with E-state index in [1.165, 1.54) is 36.4 Å². The highest BCUT2D eigenvalue weighted by molar-refractivity contribution is 6.30. The number of rotatable bonds is 14. The van der Waals surface area contributed by atoms with E-state index in [0.717, 1.165) is 23.3 Å². The Hall–Kier alpha value is -5.74. The molecular weight excluding hydrogens is 753 g/mol. The third-order valence-corrected chi connectivity index (χ3v) is 8.43. The lowest BCUT2D eigenvalue weighted by atomic mass is 9.98. The Kier molecular flexibility index (Phi) is 15.0. The van der Waals surface area contributed by atoms with Crippen molar-refractivity contribution in [2.24, 2.45) is 0 Å². The van der Waals surface area contributed by atoms with Crippen LogP contribution < -0.4 is 16.0 Å². The van der Waals surface area contributed by atoms with Gasteiger partial charge in [0.25, 0.3) is 0 Å². The second-order valence-corrected chi connectivity index (χ2v) is 12.7. The van der Waals surface area contributed by atoms with Crippen molar-refractivity contribution < 1.29 is 56.7 Å². The Morgan fingerprint density at radius 1 is 0.661 bits per heavy atom. The first kappa shape index (κ1) is 41.4. The molecule has 1 aliphatic rings. The summed E-state index contributed by atoms with van der Waals surface area (Å²) in [5, 5.41) is 8.15. The van der Waals surface area contributed by atoms with Gasteiger partial charge in [-0.3, -0.25) is 16.0 Å². The number of aryl methyl sites for hydroxylation is 1. The minimum Gasteiger partial charge on any atom is -0.462 e. The molecule has 0 spiro atoms. The Labute approximate surface area is 327 Å². The SMILES string of the molecule is CCOC(=O)c1ccc(NC(=O)O[C@@H]2[C@@H](OCc3ccc(C)cc3)[C@H](OCC)O[C@H](COC(=O)Nc3ccc(Cl)cc3)[C@H]2OC(=O)Nc2ccc(F)cc2)cc1. The Balaban J connectivity index is 1.44. The van der Waals surface area contributed by atoms with Gasteiger partial charge in [0.2, 0.25) is 0 Å². The van der Waals surface area contributed by atoms with Gasteiger partial charge in [-0.1, -0.05) is 41.4 Å². The van der Waals surface area contributed by atoms with E-state index in [2.05, 4.69) is 16.0 Å². The summed E-state index contributed by atoms with van der Waals surface area (Å²) < 4.78 is 54.5. The molecule has 4 aromatic rings.